The lowest BCUT2D eigenvalue weighted by Crippen LogP contribution is -2.49. The second-order valence-corrected chi connectivity index (χ2v) is 7.86. The number of carbonyl (C=O) groups excluding carboxylic acids is 1. The highest BCUT2D eigenvalue weighted by atomic mass is 16.6. The van der Waals surface area contributed by atoms with E-state index in [1.807, 2.05) is 6.08 Å². The third kappa shape index (κ3) is 3.32. The molecular weight excluding hydrogens is 290 g/mol. The van der Waals surface area contributed by atoms with Gasteiger partial charge < -0.3 is 14.3 Å². The van der Waals surface area contributed by atoms with Crippen molar-refractivity contribution in [3.63, 3.8) is 0 Å². The molecule has 0 amide bonds. The van der Waals surface area contributed by atoms with Gasteiger partial charge in [0.05, 0.1) is 20.6 Å². The number of quaternary nitrogens is 1. The van der Waals surface area contributed by atoms with Crippen LogP contribution in [0.5, 0.6) is 0 Å². The van der Waals surface area contributed by atoms with E-state index in [9.17, 15) is 9.90 Å². The van der Waals surface area contributed by atoms with Gasteiger partial charge in [0.25, 0.3) is 0 Å². The predicted molar refractivity (Wildman–Crippen MR) is 88.3 cm³/mol. The second kappa shape index (κ2) is 6.30. The summed E-state index contributed by atoms with van der Waals surface area (Å²) in [4.78, 5) is 12.9. The van der Waals surface area contributed by atoms with Crippen LogP contribution in [0.15, 0.2) is 11.6 Å². The van der Waals surface area contributed by atoms with Gasteiger partial charge in [-0.1, -0.05) is 30.8 Å². The van der Waals surface area contributed by atoms with E-state index in [1.165, 1.54) is 0 Å². The van der Waals surface area contributed by atoms with Crippen molar-refractivity contribution in [3.05, 3.63) is 11.6 Å². The van der Waals surface area contributed by atoms with Crippen molar-refractivity contribution in [3.8, 4) is 11.8 Å². The van der Waals surface area contributed by atoms with Crippen LogP contribution in [-0.2, 0) is 9.53 Å². The molecule has 3 aliphatic rings. The Kier molecular flexibility index (Phi) is 4.53. The fraction of sp³-hybridized carbons (Fsp3) is 0.737. The number of hydrogen-bond donors (Lipinski definition) is 1. The quantitative estimate of drug-likeness (QED) is 0.490. The fourth-order valence-electron chi connectivity index (χ4n) is 4.15. The Bertz CT molecular complexity index is 563. The van der Waals surface area contributed by atoms with Crippen LogP contribution in [0.1, 0.15) is 44.9 Å². The topological polar surface area (TPSA) is 46.5 Å². The van der Waals surface area contributed by atoms with Crippen molar-refractivity contribution in [2.24, 2.45) is 5.92 Å². The average molecular weight is 318 g/mol. The molecule has 4 nitrogen and oxygen atoms in total. The number of ether oxygens (including phenoxy) is 1. The maximum atomic E-state index is 12.9. The van der Waals surface area contributed by atoms with Crippen LogP contribution in [0.2, 0.25) is 0 Å². The van der Waals surface area contributed by atoms with Crippen LogP contribution >= 0.6 is 0 Å². The van der Waals surface area contributed by atoms with E-state index in [2.05, 4.69) is 25.9 Å². The maximum absolute atomic E-state index is 12.9. The Labute approximate surface area is 139 Å². The van der Waals surface area contributed by atoms with Gasteiger partial charge in [-0.2, -0.15) is 0 Å². The van der Waals surface area contributed by atoms with Crippen molar-refractivity contribution in [2.45, 2.75) is 56.7 Å². The average Bonchev–Trinajstić information content (AvgIpc) is 3.17. The molecule has 0 spiro atoms. The Morgan fingerprint density at radius 3 is 2.65 bits per heavy atom. The van der Waals surface area contributed by atoms with E-state index in [0.29, 0.717) is 5.57 Å². The molecule has 23 heavy (non-hydrogen) atoms. The van der Waals surface area contributed by atoms with Gasteiger partial charge in [-0.3, -0.25) is 0 Å². The Balaban J connectivity index is 1.80. The zero-order valence-electron chi connectivity index (χ0n) is 14.3. The molecule has 0 radical (unpaired) electrons. The van der Waals surface area contributed by atoms with E-state index in [-0.39, 0.29) is 12.0 Å². The van der Waals surface area contributed by atoms with Crippen molar-refractivity contribution in [2.75, 3.05) is 27.2 Å². The molecular formula is C19H28NO3+. The summed E-state index contributed by atoms with van der Waals surface area (Å²) in [5.74, 6) is 5.52. The lowest BCUT2D eigenvalue weighted by atomic mass is 9.78. The summed E-state index contributed by atoms with van der Waals surface area (Å²) in [5, 5.41) is 11.3. The number of aliphatic hydroxyl groups is 1. The molecule has 0 bridgehead atoms. The summed E-state index contributed by atoms with van der Waals surface area (Å²) < 4.78 is 6.63. The number of rotatable bonds is 4. The molecule has 1 heterocycles. The van der Waals surface area contributed by atoms with Gasteiger partial charge in [0.2, 0.25) is 0 Å². The van der Waals surface area contributed by atoms with Crippen LogP contribution in [0, 0.1) is 17.8 Å². The minimum atomic E-state index is -1.54. The molecule has 4 heteroatoms. The van der Waals surface area contributed by atoms with Crippen LogP contribution < -0.4 is 0 Å². The molecule has 1 aliphatic heterocycles. The summed E-state index contributed by atoms with van der Waals surface area (Å²) in [6, 6.07) is 0. The molecule has 2 aliphatic carbocycles. The summed E-state index contributed by atoms with van der Waals surface area (Å²) in [5.41, 5.74) is -0.962. The van der Waals surface area contributed by atoms with Gasteiger partial charge >= 0.3 is 5.97 Å². The summed E-state index contributed by atoms with van der Waals surface area (Å²) in [6.45, 7) is 1.82. The van der Waals surface area contributed by atoms with Crippen molar-refractivity contribution < 1.29 is 19.1 Å². The predicted octanol–water partition coefficient (Wildman–Crippen LogP) is 2.02. The molecule has 0 aromatic rings. The number of likely N-dealkylation sites (tertiary alicyclic amines) is 1. The number of nitrogens with zero attached hydrogens (tertiary/aromatic N) is 1. The highest BCUT2D eigenvalue weighted by molar-refractivity contribution is 5.86. The van der Waals surface area contributed by atoms with Crippen molar-refractivity contribution in [1.29, 1.82) is 0 Å². The first kappa shape index (κ1) is 16.5. The third-order valence-corrected chi connectivity index (χ3v) is 5.54. The van der Waals surface area contributed by atoms with E-state index < -0.39 is 11.6 Å². The van der Waals surface area contributed by atoms with Crippen LogP contribution in [0.4, 0.5) is 0 Å². The Hall–Kier alpha value is -1.31. The molecule has 126 valence electrons. The summed E-state index contributed by atoms with van der Waals surface area (Å²) in [7, 11) is 4.29. The zero-order chi connectivity index (χ0) is 16.5. The van der Waals surface area contributed by atoms with Crippen molar-refractivity contribution in [1.82, 2.24) is 0 Å². The highest BCUT2D eigenvalue weighted by Gasteiger charge is 2.50. The highest BCUT2D eigenvalue weighted by Crippen LogP contribution is 2.40. The molecule has 1 N–H and O–H groups in total. The minimum absolute atomic E-state index is 0.0578. The summed E-state index contributed by atoms with van der Waals surface area (Å²) in [6.07, 6.45) is 8.18. The third-order valence-electron chi connectivity index (χ3n) is 5.54. The lowest BCUT2D eigenvalue weighted by molar-refractivity contribution is -0.879. The zero-order valence-corrected chi connectivity index (χ0v) is 14.3. The first-order valence-electron chi connectivity index (χ1n) is 8.87. The lowest BCUT2D eigenvalue weighted by Gasteiger charge is -2.33. The SMILES string of the molecule is C[N+]1(C)CCC(OC(=O)C(O)(C2=CCCC#C2)C2CCCC2)C1. The summed E-state index contributed by atoms with van der Waals surface area (Å²) >= 11 is 0. The van der Waals surface area contributed by atoms with Gasteiger partial charge in [-0.25, -0.2) is 4.79 Å². The van der Waals surface area contributed by atoms with Crippen LogP contribution in [-0.4, -0.2) is 54.4 Å². The van der Waals surface area contributed by atoms with E-state index >= 15 is 0 Å². The van der Waals surface area contributed by atoms with Gasteiger partial charge in [0.1, 0.15) is 6.54 Å². The largest absolute Gasteiger partial charge is 0.454 e. The number of hydrogen-bond acceptors (Lipinski definition) is 3. The normalized spacial score (nSPS) is 29.3. The van der Waals surface area contributed by atoms with Gasteiger partial charge in [-0.05, 0) is 19.3 Å². The second-order valence-electron chi connectivity index (χ2n) is 7.86. The molecule has 2 fully saturated rings. The van der Waals surface area contributed by atoms with E-state index in [0.717, 1.165) is 62.5 Å². The van der Waals surface area contributed by atoms with Gasteiger partial charge in [0, 0.05) is 24.3 Å². The smallest absolute Gasteiger partial charge is 0.344 e. The van der Waals surface area contributed by atoms with Crippen molar-refractivity contribution >= 4 is 5.97 Å². The number of esters is 1. The molecule has 2 unspecified atom stereocenters. The Morgan fingerprint density at radius 2 is 2.09 bits per heavy atom. The monoisotopic (exact) mass is 318 g/mol. The Morgan fingerprint density at radius 1 is 1.35 bits per heavy atom. The molecule has 1 saturated carbocycles. The van der Waals surface area contributed by atoms with Crippen LogP contribution in [0.3, 0.4) is 0 Å². The van der Waals surface area contributed by atoms with Gasteiger partial charge in [0.15, 0.2) is 11.7 Å². The molecule has 0 aromatic heterocycles. The first-order chi connectivity index (χ1) is 10.9. The van der Waals surface area contributed by atoms with E-state index in [4.69, 9.17) is 4.74 Å². The maximum Gasteiger partial charge on any atom is 0.344 e. The molecule has 1 saturated heterocycles. The molecule has 0 aromatic carbocycles. The fourth-order valence-corrected chi connectivity index (χ4v) is 4.15. The van der Waals surface area contributed by atoms with Crippen LogP contribution in [0.25, 0.3) is 0 Å². The standard InChI is InChI=1S/C19H28NO3/c1-20(2)13-12-17(14-20)23-18(21)19(22,16-10-6-7-11-16)15-8-4-3-5-9-15/h8,16-17,22H,3-4,6-7,10-14H2,1-2H3/q+1. The van der Waals surface area contributed by atoms with E-state index in [1.54, 1.807) is 0 Å². The molecule has 3 rings (SSSR count). The minimum Gasteiger partial charge on any atom is -0.454 e. The number of likely N-dealkylation sites (N-methyl/N-ethyl adjacent to an activating group) is 1. The van der Waals surface area contributed by atoms with Gasteiger partial charge in [-0.15, -0.1) is 0 Å². The number of carbonyl (C=O) groups is 1. The number of allylic oxidation sites excluding steroid dienone is 1. The first-order valence-corrected chi connectivity index (χ1v) is 8.87. The molecule has 2 atom stereocenters.